The minimum absolute atomic E-state index is 0.225. The lowest BCUT2D eigenvalue weighted by molar-refractivity contribution is -0.0880. The lowest BCUT2D eigenvalue weighted by atomic mass is 10.0. The van der Waals surface area contributed by atoms with Crippen LogP contribution in [-0.2, 0) is 9.47 Å². The maximum Gasteiger partial charge on any atom is 0.410 e. The second kappa shape index (κ2) is 8.00. The van der Waals surface area contributed by atoms with Crippen molar-refractivity contribution in [2.24, 2.45) is 0 Å². The molecule has 0 bridgehead atoms. The summed E-state index contributed by atoms with van der Waals surface area (Å²) in [7, 11) is 0. The number of nitrogens with zero attached hydrogens (tertiary/aromatic N) is 2. The predicted octanol–water partition coefficient (Wildman–Crippen LogP) is 4.48. The molecule has 0 aromatic heterocycles. The molecular weight excluding hydrogens is 368 g/mol. The molecule has 3 rings (SSSR count). The van der Waals surface area contributed by atoms with Gasteiger partial charge < -0.3 is 14.4 Å². The third-order valence-corrected chi connectivity index (χ3v) is 6.55. The van der Waals surface area contributed by atoms with Crippen LogP contribution in [0.5, 0.6) is 0 Å². The van der Waals surface area contributed by atoms with Crippen LogP contribution in [-0.4, -0.2) is 59.1 Å². The molecule has 0 unspecified atom stereocenters. The highest BCUT2D eigenvalue weighted by atomic mass is 32.2. The molecule has 5 nitrogen and oxygen atoms in total. The number of benzene rings is 1. The lowest BCUT2D eigenvalue weighted by Crippen LogP contribution is -2.52. The molecule has 2 fully saturated rings. The van der Waals surface area contributed by atoms with Gasteiger partial charge in [0, 0.05) is 42.3 Å². The number of carbonyl (C=O) groups excluding carboxylic acids is 1. The standard InChI is InChI=1S/C19H28N2O3S2/c1-18(2,3)24-17(22)20-11-9-19(10-12-20)21(13-14-23-19)26-16-7-5-15(25-4)6-8-16/h5-8H,9-14H2,1-4H3. The van der Waals surface area contributed by atoms with Gasteiger partial charge in [0.05, 0.1) is 6.61 Å². The summed E-state index contributed by atoms with van der Waals surface area (Å²) in [4.78, 5) is 16.6. The van der Waals surface area contributed by atoms with E-state index in [1.165, 1.54) is 9.79 Å². The van der Waals surface area contributed by atoms with Crippen LogP contribution >= 0.6 is 23.7 Å². The van der Waals surface area contributed by atoms with Crippen molar-refractivity contribution in [2.75, 3.05) is 32.5 Å². The molecule has 0 saturated carbocycles. The first-order valence-electron chi connectivity index (χ1n) is 9.03. The van der Waals surface area contributed by atoms with Crippen molar-refractivity contribution < 1.29 is 14.3 Å². The molecule has 1 aromatic carbocycles. The molecule has 2 saturated heterocycles. The van der Waals surface area contributed by atoms with Crippen LogP contribution in [0.2, 0.25) is 0 Å². The first-order chi connectivity index (χ1) is 12.3. The zero-order valence-electron chi connectivity index (χ0n) is 16.0. The van der Waals surface area contributed by atoms with E-state index in [0.717, 1.165) is 26.0 Å². The van der Waals surface area contributed by atoms with Crippen LogP contribution < -0.4 is 0 Å². The summed E-state index contributed by atoms with van der Waals surface area (Å²) < 4.78 is 14.0. The quantitative estimate of drug-likeness (QED) is 0.554. The summed E-state index contributed by atoms with van der Waals surface area (Å²) in [5.74, 6) is 0. The highest BCUT2D eigenvalue weighted by molar-refractivity contribution is 7.98. The molecule has 7 heteroatoms. The fourth-order valence-corrected chi connectivity index (χ4v) is 4.73. The van der Waals surface area contributed by atoms with Crippen molar-refractivity contribution >= 4 is 29.8 Å². The van der Waals surface area contributed by atoms with Crippen molar-refractivity contribution in [3.63, 3.8) is 0 Å². The van der Waals surface area contributed by atoms with Gasteiger partial charge in [0.15, 0.2) is 0 Å². The SMILES string of the molecule is CSc1ccc(SN2CCOC23CCN(C(=O)OC(C)(C)C)CC3)cc1. The Morgan fingerprint density at radius 1 is 1.12 bits per heavy atom. The Kier molecular flexibility index (Phi) is 6.11. The second-order valence-corrected chi connectivity index (χ2v) is 9.61. The molecule has 2 aliphatic heterocycles. The van der Waals surface area contributed by atoms with E-state index in [4.69, 9.17) is 9.47 Å². The molecular formula is C19H28N2O3S2. The molecule has 0 N–H and O–H groups in total. The van der Waals surface area contributed by atoms with Gasteiger partial charge in [-0.05, 0) is 63.2 Å². The van der Waals surface area contributed by atoms with Crippen molar-refractivity contribution in [1.82, 2.24) is 9.21 Å². The number of ether oxygens (including phenoxy) is 2. The number of hydrogen-bond acceptors (Lipinski definition) is 6. The highest BCUT2D eigenvalue weighted by Crippen LogP contribution is 2.41. The second-order valence-electron chi connectivity index (χ2n) is 7.63. The molecule has 1 aromatic rings. The monoisotopic (exact) mass is 396 g/mol. The fourth-order valence-electron chi connectivity index (χ4n) is 3.25. The third kappa shape index (κ3) is 4.68. The minimum Gasteiger partial charge on any atom is -0.444 e. The summed E-state index contributed by atoms with van der Waals surface area (Å²) >= 11 is 3.51. The van der Waals surface area contributed by atoms with Gasteiger partial charge in [0.2, 0.25) is 0 Å². The average Bonchev–Trinajstić information content (AvgIpc) is 2.96. The lowest BCUT2D eigenvalue weighted by Gasteiger charge is -2.43. The van der Waals surface area contributed by atoms with Gasteiger partial charge >= 0.3 is 6.09 Å². The summed E-state index contributed by atoms with van der Waals surface area (Å²) in [5.41, 5.74) is -0.734. The molecule has 2 aliphatic rings. The number of thioether (sulfide) groups is 1. The van der Waals surface area contributed by atoms with E-state index in [0.29, 0.717) is 13.1 Å². The van der Waals surface area contributed by atoms with Crippen LogP contribution in [0.4, 0.5) is 4.79 Å². The molecule has 144 valence electrons. The Bertz CT molecular complexity index is 623. The Morgan fingerprint density at radius 2 is 1.73 bits per heavy atom. The Labute approximate surface area is 164 Å². The van der Waals surface area contributed by atoms with E-state index in [2.05, 4.69) is 34.8 Å². The third-order valence-electron chi connectivity index (χ3n) is 4.59. The van der Waals surface area contributed by atoms with Gasteiger partial charge in [-0.15, -0.1) is 11.8 Å². The first kappa shape index (κ1) is 19.9. The topological polar surface area (TPSA) is 42.0 Å². The number of likely N-dealkylation sites (tertiary alicyclic amines) is 1. The van der Waals surface area contributed by atoms with Gasteiger partial charge in [-0.25, -0.2) is 9.10 Å². The van der Waals surface area contributed by atoms with E-state index in [1.54, 1.807) is 28.6 Å². The maximum absolute atomic E-state index is 12.3. The van der Waals surface area contributed by atoms with Crippen molar-refractivity contribution in [1.29, 1.82) is 0 Å². The molecule has 0 aliphatic carbocycles. The first-order valence-corrected chi connectivity index (χ1v) is 11.0. The molecule has 0 radical (unpaired) electrons. The molecule has 0 atom stereocenters. The van der Waals surface area contributed by atoms with Crippen molar-refractivity contribution in [2.45, 2.75) is 54.7 Å². The van der Waals surface area contributed by atoms with Crippen LogP contribution in [0, 0.1) is 0 Å². The van der Waals surface area contributed by atoms with Crippen LogP contribution in [0.15, 0.2) is 34.1 Å². The van der Waals surface area contributed by atoms with Gasteiger partial charge in [0.1, 0.15) is 11.3 Å². The summed E-state index contributed by atoms with van der Waals surface area (Å²) in [6.07, 6.45) is 3.48. The molecule has 1 amide bonds. The van der Waals surface area contributed by atoms with Gasteiger partial charge in [-0.1, -0.05) is 0 Å². The van der Waals surface area contributed by atoms with Crippen LogP contribution in [0.25, 0.3) is 0 Å². The number of carbonyl (C=O) groups is 1. The molecule has 2 heterocycles. The van der Waals surface area contributed by atoms with E-state index < -0.39 is 5.60 Å². The minimum atomic E-state index is -0.457. The van der Waals surface area contributed by atoms with E-state index in [1.807, 2.05) is 20.8 Å². The van der Waals surface area contributed by atoms with Crippen LogP contribution in [0.3, 0.4) is 0 Å². The highest BCUT2D eigenvalue weighted by Gasteiger charge is 2.46. The van der Waals surface area contributed by atoms with Gasteiger partial charge in [-0.2, -0.15) is 0 Å². The van der Waals surface area contributed by atoms with E-state index in [-0.39, 0.29) is 11.8 Å². The Balaban J connectivity index is 1.60. The molecule has 1 spiro atoms. The Hall–Kier alpha value is -0.890. The van der Waals surface area contributed by atoms with Crippen molar-refractivity contribution in [3.05, 3.63) is 24.3 Å². The van der Waals surface area contributed by atoms with Gasteiger partial charge in [0.25, 0.3) is 0 Å². The zero-order valence-corrected chi connectivity index (χ0v) is 17.6. The predicted molar refractivity (Wildman–Crippen MR) is 107 cm³/mol. The summed E-state index contributed by atoms with van der Waals surface area (Å²) in [6.45, 7) is 8.67. The van der Waals surface area contributed by atoms with Gasteiger partial charge in [-0.3, -0.25) is 0 Å². The maximum atomic E-state index is 12.3. The smallest absolute Gasteiger partial charge is 0.410 e. The van der Waals surface area contributed by atoms with E-state index >= 15 is 0 Å². The zero-order chi connectivity index (χ0) is 18.8. The number of hydrogen-bond donors (Lipinski definition) is 0. The summed E-state index contributed by atoms with van der Waals surface area (Å²) in [5, 5.41) is 0. The number of piperidine rings is 1. The average molecular weight is 397 g/mol. The number of amides is 1. The Morgan fingerprint density at radius 3 is 2.31 bits per heavy atom. The molecule has 26 heavy (non-hydrogen) atoms. The van der Waals surface area contributed by atoms with Crippen LogP contribution in [0.1, 0.15) is 33.6 Å². The normalized spacial score (nSPS) is 20.5. The summed E-state index contributed by atoms with van der Waals surface area (Å²) in [6, 6.07) is 8.64. The number of rotatable bonds is 3. The largest absolute Gasteiger partial charge is 0.444 e. The van der Waals surface area contributed by atoms with E-state index in [9.17, 15) is 4.79 Å². The van der Waals surface area contributed by atoms with Crippen molar-refractivity contribution in [3.8, 4) is 0 Å². The fraction of sp³-hybridized carbons (Fsp3) is 0.632.